The third-order valence-corrected chi connectivity index (χ3v) is 16.1. The van der Waals surface area contributed by atoms with E-state index in [2.05, 4.69) is 168 Å². The van der Waals surface area contributed by atoms with Gasteiger partial charge in [-0.1, -0.05) is 223 Å². The van der Waals surface area contributed by atoms with E-state index >= 15 is 0 Å². The Balaban J connectivity index is 0.000000184. The van der Waals surface area contributed by atoms with Gasteiger partial charge < -0.3 is 43.8 Å². The Kier molecular flexibility index (Phi) is 29.1. The summed E-state index contributed by atoms with van der Waals surface area (Å²) in [7, 11) is 7.84. The first-order valence-electron chi connectivity index (χ1n) is 26.0. The van der Waals surface area contributed by atoms with Crippen LogP contribution in [-0.2, 0) is 76.2 Å². The second kappa shape index (κ2) is 34.5. The van der Waals surface area contributed by atoms with Gasteiger partial charge in [0.2, 0.25) is 8.07 Å². The minimum absolute atomic E-state index is 0.0434. The molecule has 23 heteroatoms. The van der Waals surface area contributed by atoms with E-state index < -0.39 is 28.9 Å². The van der Waals surface area contributed by atoms with Crippen LogP contribution in [-0.4, -0.2) is 83.0 Å². The summed E-state index contributed by atoms with van der Waals surface area (Å²) >= 11 is 13.4. The third-order valence-electron chi connectivity index (χ3n) is 13.5. The third kappa shape index (κ3) is 21.0. The molecule has 8 atom stereocenters. The molecule has 440 valence electrons. The quantitative estimate of drug-likeness (QED) is 0.141. The van der Waals surface area contributed by atoms with Gasteiger partial charge in [0, 0.05) is 24.0 Å². The molecule has 6 aliphatic heterocycles. The number of aliphatic imine (C=N–C) groups is 4. The van der Waals surface area contributed by atoms with Crippen molar-refractivity contribution in [3.05, 3.63) is 190 Å². The van der Waals surface area contributed by atoms with Crippen molar-refractivity contribution in [3.8, 4) is 0 Å². The molecular weight excluding hydrogens is 1520 g/mol. The molecule has 0 bridgehead atoms. The second-order valence-corrected chi connectivity index (χ2v) is 39.9. The molecule has 6 heterocycles. The van der Waals surface area contributed by atoms with Crippen molar-refractivity contribution < 1.29 is 76.2 Å². The summed E-state index contributed by atoms with van der Waals surface area (Å²) in [5.41, 5.74) is 8.69. The molecular formula is C58H68Br4Cl2Co2N6O7SiZr. The minimum Gasteiger partial charge on any atom is -0.624 e. The summed E-state index contributed by atoms with van der Waals surface area (Å²) in [6.07, 6.45) is 0.198. The molecule has 11 rings (SSSR count). The maximum Gasteiger partial charge on any atom is 0.393 e. The summed E-state index contributed by atoms with van der Waals surface area (Å²) in [6, 6.07) is 48.9. The molecule has 5 aromatic rings. The normalized spacial score (nSPS) is 23.5. The number of halogens is 6. The van der Waals surface area contributed by atoms with Gasteiger partial charge in [0.25, 0.3) is 0 Å². The topological polar surface area (TPSA) is 142 Å². The van der Waals surface area contributed by atoms with Crippen molar-refractivity contribution in [1.29, 1.82) is 0 Å². The molecule has 5 aromatic carbocycles. The van der Waals surface area contributed by atoms with Crippen LogP contribution < -0.4 is 0 Å². The largest absolute Gasteiger partial charge is 0.624 e. The molecule has 2 saturated heterocycles. The molecule has 81 heavy (non-hydrogen) atoms. The van der Waals surface area contributed by atoms with Crippen LogP contribution in [0.3, 0.4) is 0 Å². The Morgan fingerprint density at radius 3 is 1.14 bits per heavy atom. The molecule has 0 amide bonds. The smallest absolute Gasteiger partial charge is 0.393 e. The molecule has 13 nitrogen and oxygen atoms in total. The zero-order valence-electron chi connectivity index (χ0n) is 46.2. The van der Waals surface area contributed by atoms with Crippen LogP contribution in [0, 0.1) is 10.8 Å². The van der Waals surface area contributed by atoms with Gasteiger partial charge >= 0.3 is 129 Å². The first-order chi connectivity index (χ1) is 38.9. The fourth-order valence-electron chi connectivity index (χ4n) is 8.89. The number of hydrogen-bond donors (Lipinski definition) is 0. The molecule has 0 saturated carbocycles. The van der Waals surface area contributed by atoms with Gasteiger partial charge in [0.15, 0.2) is 11.0 Å². The van der Waals surface area contributed by atoms with Gasteiger partial charge in [0.05, 0.1) is 13.1 Å². The van der Waals surface area contributed by atoms with Gasteiger partial charge in [0.1, 0.15) is 37.5 Å². The van der Waals surface area contributed by atoms with Gasteiger partial charge in [-0.15, -0.1) is 0 Å². The molecule has 8 unspecified atom stereocenters. The number of nitrogens with zero attached hydrogens (tertiary/aromatic N) is 6. The first-order valence-corrected chi connectivity index (χ1v) is 45.6. The number of ether oxygens (including phenoxy) is 7. The maximum atomic E-state index is 6.17. The summed E-state index contributed by atoms with van der Waals surface area (Å²) in [4.78, 5) is 18.2. The Morgan fingerprint density at radius 2 is 0.827 bits per heavy atom. The van der Waals surface area contributed by atoms with Crippen LogP contribution in [0.25, 0.3) is 10.6 Å². The van der Waals surface area contributed by atoms with E-state index in [1.54, 1.807) is 0 Å². The van der Waals surface area contributed by atoms with E-state index in [1.165, 1.54) is 11.1 Å². The number of benzene rings is 5. The van der Waals surface area contributed by atoms with E-state index in [4.69, 9.17) is 60.8 Å². The summed E-state index contributed by atoms with van der Waals surface area (Å²) in [5, 5.41) is 9.84. The van der Waals surface area contributed by atoms with Crippen molar-refractivity contribution in [2.75, 3.05) is 39.5 Å². The van der Waals surface area contributed by atoms with Gasteiger partial charge in [-0.2, -0.15) is 0 Å². The van der Waals surface area contributed by atoms with Crippen LogP contribution >= 0.6 is 73.7 Å². The standard InChI is InChI=1S/C24H22N2O2.C18H16N2O3.C16H30N2O2Si.4BrH.2ClH.2Co.Zr/c1-3-9-17(10-4-1)21-15-27-23(25-21)19-13-7-8-14-20(19)24-26-22(16-28-24)18-11-5-2-6-12-18;1-3-7-13(8-4-1)15-11-21-17(19-15)23-18-20-16(12-22-18)14-9-5-2-6-10-14;1-15(2,3)11-9-17-13(19-11)21(7,8)14-18-10-12(20-14)16(4,5)6;;;;;;;;;/h1-14,21-24H,15-16H2;1-10,15-16H,11-12H2;11-12H,9-10H2,1-8H3;6*1H;;;/q-2;;;;;;;;;2*+2;+4/p-6. The van der Waals surface area contributed by atoms with Crippen LogP contribution in [0.5, 0.6) is 0 Å². The van der Waals surface area contributed by atoms with Crippen LogP contribution in [0.15, 0.2) is 166 Å². The summed E-state index contributed by atoms with van der Waals surface area (Å²) in [5.74, 6) is 0. The van der Waals surface area contributed by atoms with E-state index in [9.17, 15) is 0 Å². The van der Waals surface area contributed by atoms with Gasteiger partial charge in [-0.05, 0) is 34.7 Å². The predicted molar refractivity (Wildman–Crippen MR) is 333 cm³/mol. The van der Waals surface area contributed by atoms with Crippen molar-refractivity contribution in [2.24, 2.45) is 30.8 Å². The fraction of sp³-hybridized carbons (Fsp3) is 0.414. The van der Waals surface area contributed by atoms with Crippen LogP contribution in [0.1, 0.15) is 112 Å². The molecule has 6 aliphatic rings. The SMILES string of the molecule is CC(C)(C)C1CN=C([Si](C)(C)C2=NCC(C(C)(C)C)O2)O1.[Br][Co][Br].[Br][Co][Br].[Cl][Zr+2][Cl].c1ccc(C2COC(OC3=NC(c4ccccc4)CO3)=N2)cc1.c1ccc(C2COC(c3ccccc3C3[N-]C(c4ccccc4)CO3)[N-]2)cc1. The van der Waals surface area contributed by atoms with Crippen LogP contribution in [0.2, 0.25) is 13.1 Å². The van der Waals surface area contributed by atoms with Gasteiger partial charge in [-0.25, -0.2) is 9.98 Å². The minimum atomic E-state index is -2.02. The van der Waals surface area contributed by atoms with Gasteiger partial charge in [-0.3, -0.25) is 9.98 Å². The van der Waals surface area contributed by atoms with E-state index in [0.29, 0.717) is 26.4 Å². The predicted octanol–water partition coefficient (Wildman–Crippen LogP) is 17.4. The molecule has 0 N–H and O–H groups in total. The molecule has 2 fully saturated rings. The zero-order chi connectivity index (χ0) is 58.4. The van der Waals surface area contributed by atoms with E-state index in [1.807, 2.05) is 109 Å². The molecule has 0 radical (unpaired) electrons. The zero-order valence-corrected chi connectivity index (χ0v) is 59.6. The summed E-state index contributed by atoms with van der Waals surface area (Å²) in [6.45, 7) is 21.3. The summed E-state index contributed by atoms with van der Waals surface area (Å²) < 4.78 is 41.0. The van der Waals surface area contributed by atoms with Crippen molar-refractivity contribution >= 4 is 105 Å². The molecule has 0 aromatic heterocycles. The molecule has 0 spiro atoms. The second-order valence-electron chi connectivity index (χ2n) is 21.5. The fourth-order valence-corrected chi connectivity index (χ4v) is 10.9. The van der Waals surface area contributed by atoms with E-state index in [0.717, 1.165) is 68.6 Å². The number of hydrogen-bond acceptors (Lipinski definition) is 11. The Bertz CT molecular complexity index is 2620. The van der Waals surface area contributed by atoms with E-state index in [-0.39, 0.29) is 71.8 Å². The Hall–Kier alpha value is -1.77. The monoisotopic (exact) mass is 1580 g/mol. The maximum absolute atomic E-state index is 6.17. The molecule has 0 aliphatic carbocycles. The average molecular weight is 1590 g/mol. The van der Waals surface area contributed by atoms with Crippen LogP contribution in [0.4, 0.5) is 0 Å². The Morgan fingerprint density at radius 1 is 0.519 bits per heavy atom. The number of rotatable bonds is 8. The van der Waals surface area contributed by atoms with Crippen molar-refractivity contribution in [3.63, 3.8) is 0 Å². The Labute approximate surface area is 538 Å². The van der Waals surface area contributed by atoms with Crippen molar-refractivity contribution in [2.45, 2.75) is 103 Å². The van der Waals surface area contributed by atoms with Crippen molar-refractivity contribution in [1.82, 2.24) is 0 Å². The average Bonchev–Trinajstić information content (AvgIpc) is 4.52. The first kappa shape index (κ1) is 68.3.